The molecule has 0 spiro atoms. The van der Waals surface area contributed by atoms with Crippen molar-refractivity contribution < 1.29 is 23.9 Å². The van der Waals surface area contributed by atoms with E-state index in [2.05, 4.69) is 5.32 Å². The Labute approximate surface area is 224 Å². The first kappa shape index (κ1) is 26.3. The highest BCUT2D eigenvalue weighted by Crippen LogP contribution is 2.35. The molecular weight excluding hydrogens is 512 g/mol. The molecule has 0 unspecified atom stereocenters. The summed E-state index contributed by atoms with van der Waals surface area (Å²) < 4.78 is 11.1. The average molecular weight is 537 g/mol. The van der Waals surface area contributed by atoms with E-state index in [1.807, 2.05) is 32.0 Å². The zero-order valence-corrected chi connectivity index (χ0v) is 22.1. The van der Waals surface area contributed by atoms with Gasteiger partial charge in [0.2, 0.25) is 0 Å². The summed E-state index contributed by atoms with van der Waals surface area (Å²) >= 11 is 6.79. The Morgan fingerprint density at radius 1 is 1.03 bits per heavy atom. The number of nitrogens with zero attached hydrogens (tertiary/aromatic N) is 1. The molecule has 0 radical (unpaired) electrons. The minimum absolute atomic E-state index is 0.166. The lowest BCUT2D eigenvalue weighted by molar-refractivity contribution is -0.123. The monoisotopic (exact) mass is 536 g/mol. The summed E-state index contributed by atoms with van der Waals surface area (Å²) in [6.07, 6.45) is 1.63. The van der Waals surface area contributed by atoms with Crippen molar-refractivity contribution in [3.63, 3.8) is 0 Å². The van der Waals surface area contributed by atoms with Crippen molar-refractivity contribution in [2.75, 3.05) is 19.0 Å². The van der Waals surface area contributed by atoms with Crippen LogP contribution in [-0.4, -0.2) is 35.7 Å². The van der Waals surface area contributed by atoms with Crippen molar-refractivity contribution >= 4 is 52.2 Å². The number of carbonyl (C=O) groups is 3. The van der Waals surface area contributed by atoms with Gasteiger partial charge in [0.05, 0.1) is 18.6 Å². The van der Waals surface area contributed by atoms with Crippen LogP contribution in [0.25, 0.3) is 6.08 Å². The predicted octanol–water partition coefficient (Wildman–Crippen LogP) is 6.22. The van der Waals surface area contributed by atoms with E-state index in [4.69, 9.17) is 21.1 Å². The number of anilines is 1. The minimum atomic E-state index is -0.368. The first-order valence-corrected chi connectivity index (χ1v) is 12.6. The van der Waals surface area contributed by atoms with Crippen LogP contribution in [0.4, 0.5) is 10.5 Å². The zero-order chi connectivity index (χ0) is 26.5. The number of nitrogens with one attached hydrogen (secondary N) is 1. The second-order valence-corrected chi connectivity index (χ2v) is 9.89. The maximum absolute atomic E-state index is 12.9. The van der Waals surface area contributed by atoms with Gasteiger partial charge in [-0.15, -0.1) is 0 Å². The molecule has 0 bridgehead atoms. The number of hydrogen-bond donors (Lipinski definition) is 1. The highest BCUT2D eigenvalue weighted by Gasteiger charge is 2.35. The van der Waals surface area contributed by atoms with Crippen LogP contribution >= 0.6 is 23.4 Å². The van der Waals surface area contributed by atoms with E-state index in [1.165, 1.54) is 12.0 Å². The molecule has 4 rings (SSSR count). The Kier molecular flexibility index (Phi) is 8.21. The third-order valence-corrected chi connectivity index (χ3v) is 6.79. The molecule has 1 fully saturated rings. The molecule has 0 aliphatic carbocycles. The summed E-state index contributed by atoms with van der Waals surface area (Å²) in [6.45, 7) is 3.88. The Balaban J connectivity index is 1.41. The van der Waals surface area contributed by atoms with Crippen LogP contribution in [0.3, 0.4) is 0 Å². The van der Waals surface area contributed by atoms with E-state index in [-0.39, 0.29) is 30.2 Å². The van der Waals surface area contributed by atoms with Crippen LogP contribution in [0.15, 0.2) is 65.6 Å². The highest BCUT2D eigenvalue weighted by molar-refractivity contribution is 8.18. The molecule has 3 amide bonds. The molecule has 1 aliphatic rings. The molecule has 7 nitrogen and oxygen atoms in total. The van der Waals surface area contributed by atoms with Gasteiger partial charge in [-0.1, -0.05) is 47.5 Å². The minimum Gasteiger partial charge on any atom is -0.493 e. The maximum Gasteiger partial charge on any atom is 0.293 e. The van der Waals surface area contributed by atoms with Gasteiger partial charge in [0.1, 0.15) is 0 Å². The summed E-state index contributed by atoms with van der Waals surface area (Å²) in [6, 6.07) is 17.8. The molecule has 190 valence electrons. The molecule has 1 heterocycles. The van der Waals surface area contributed by atoms with Gasteiger partial charge in [0.15, 0.2) is 18.1 Å². The van der Waals surface area contributed by atoms with E-state index >= 15 is 0 Å². The fourth-order valence-corrected chi connectivity index (χ4v) is 4.70. The standard InChI is InChI=1S/C28H25ClN2O5S/c1-17-4-10-22(18(2)12-17)30-26(32)16-36-23-11-7-20(13-24(23)35-3)14-25-27(33)31(28(34)37-25)15-19-5-8-21(29)9-6-19/h4-14H,15-16H2,1-3H3,(H,30,32)/b25-14-. The van der Waals surface area contributed by atoms with Crippen LogP contribution in [0.2, 0.25) is 5.02 Å². The fraction of sp³-hybridized carbons (Fsp3) is 0.179. The second-order valence-electron chi connectivity index (χ2n) is 8.46. The Bertz CT molecular complexity index is 1390. The quantitative estimate of drug-likeness (QED) is 0.344. The van der Waals surface area contributed by atoms with Crippen LogP contribution in [0.1, 0.15) is 22.3 Å². The van der Waals surface area contributed by atoms with Gasteiger partial charge in [0.25, 0.3) is 17.1 Å². The average Bonchev–Trinajstić information content (AvgIpc) is 3.13. The maximum atomic E-state index is 12.9. The van der Waals surface area contributed by atoms with Gasteiger partial charge < -0.3 is 14.8 Å². The number of benzene rings is 3. The largest absolute Gasteiger partial charge is 0.493 e. The van der Waals surface area contributed by atoms with Gasteiger partial charge in [-0.05, 0) is 78.7 Å². The molecule has 1 aliphatic heterocycles. The molecule has 0 saturated carbocycles. The van der Waals surface area contributed by atoms with Gasteiger partial charge >= 0.3 is 0 Å². The number of thioether (sulfide) groups is 1. The topological polar surface area (TPSA) is 84.9 Å². The zero-order valence-electron chi connectivity index (χ0n) is 20.5. The molecule has 0 aromatic heterocycles. The normalized spacial score (nSPS) is 14.3. The Morgan fingerprint density at radius 2 is 1.78 bits per heavy atom. The summed E-state index contributed by atoms with van der Waals surface area (Å²) in [5, 5.41) is 3.08. The SMILES string of the molecule is COc1cc(/C=C2\SC(=O)N(Cc3ccc(Cl)cc3)C2=O)ccc1OCC(=O)Nc1ccc(C)cc1C. The van der Waals surface area contributed by atoms with Crippen molar-refractivity contribution in [3.8, 4) is 11.5 Å². The Hall–Kier alpha value is -3.75. The number of aryl methyl sites for hydroxylation is 2. The van der Waals surface area contributed by atoms with E-state index in [0.29, 0.717) is 27.0 Å². The number of imide groups is 1. The van der Waals surface area contributed by atoms with Crippen molar-refractivity contribution in [2.45, 2.75) is 20.4 Å². The first-order chi connectivity index (χ1) is 17.7. The molecule has 9 heteroatoms. The van der Waals surface area contributed by atoms with Crippen molar-refractivity contribution in [1.29, 1.82) is 0 Å². The summed E-state index contributed by atoms with van der Waals surface area (Å²) in [7, 11) is 1.49. The molecule has 1 saturated heterocycles. The lowest BCUT2D eigenvalue weighted by atomic mass is 10.1. The number of amides is 3. The number of halogens is 1. The van der Waals surface area contributed by atoms with E-state index in [0.717, 1.165) is 34.1 Å². The molecule has 1 N–H and O–H groups in total. The predicted molar refractivity (Wildman–Crippen MR) is 146 cm³/mol. The summed E-state index contributed by atoms with van der Waals surface area (Å²) in [5.41, 5.74) is 4.26. The summed E-state index contributed by atoms with van der Waals surface area (Å²) in [5.74, 6) is 0.111. The molecule has 3 aromatic rings. The number of carbonyl (C=O) groups excluding carboxylic acids is 3. The fourth-order valence-electron chi connectivity index (χ4n) is 3.74. The van der Waals surface area contributed by atoms with Gasteiger partial charge in [-0.25, -0.2) is 0 Å². The summed E-state index contributed by atoms with van der Waals surface area (Å²) in [4.78, 5) is 39.2. The van der Waals surface area contributed by atoms with Crippen LogP contribution in [0.5, 0.6) is 11.5 Å². The number of ether oxygens (including phenoxy) is 2. The van der Waals surface area contributed by atoms with Crippen molar-refractivity contribution in [1.82, 2.24) is 4.90 Å². The third-order valence-electron chi connectivity index (χ3n) is 5.63. The molecular formula is C28H25ClN2O5S. The van der Waals surface area contributed by atoms with Gasteiger partial charge in [-0.3, -0.25) is 19.3 Å². The molecule has 37 heavy (non-hydrogen) atoms. The first-order valence-electron chi connectivity index (χ1n) is 11.4. The van der Waals surface area contributed by atoms with Crippen LogP contribution < -0.4 is 14.8 Å². The number of hydrogen-bond acceptors (Lipinski definition) is 6. The van der Waals surface area contributed by atoms with Crippen LogP contribution in [-0.2, 0) is 16.1 Å². The lowest BCUT2D eigenvalue weighted by Gasteiger charge is -2.13. The van der Waals surface area contributed by atoms with Gasteiger partial charge in [0, 0.05) is 10.7 Å². The molecule has 0 atom stereocenters. The van der Waals surface area contributed by atoms with Gasteiger partial charge in [-0.2, -0.15) is 0 Å². The Morgan fingerprint density at radius 3 is 2.49 bits per heavy atom. The van der Waals surface area contributed by atoms with Crippen LogP contribution in [0, 0.1) is 13.8 Å². The van der Waals surface area contributed by atoms with Crippen molar-refractivity contribution in [2.24, 2.45) is 0 Å². The number of methoxy groups -OCH3 is 1. The van der Waals surface area contributed by atoms with Crippen molar-refractivity contribution in [3.05, 3.63) is 92.8 Å². The third kappa shape index (κ3) is 6.53. The van der Waals surface area contributed by atoms with E-state index in [1.54, 1.807) is 48.5 Å². The number of rotatable bonds is 8. The van der Waals surface area contributed by atoms with E-state index in [9.17, 15) is 14.4 Å². The van der Waals surface area contributed by atoms with E-state index < -0.39 is 0 Å². The second kappa shape index (κ2) is 11.5. The smallest absolute Gasteiger partial charge is 0.293 e. The highest BCUT2D eigenvalue weighted by atomic mass is 35.5. The molecule has 3 aromatic carbocycles. The lowest BCUT2D eigenvalue weighted by Crippen LogP contribution is -2.27.